The molecule has 1 heterocycles. The van der Waals surface area contributed by atoms with E-state index >= 15 is 0 Å². The molecule has 0 aromatic rings. The minimum Gasteiger partial charge on any atom is -0.464 e. The number of carbonyl (C=O) groups excluding carboxylic acids is 1. The van der Waals surface area contributed by atoms with E-state index in [2.05, 4.69) is 32.3 Å². The Hall–Kier alpha value is -0.390. The van der Waals surface area contributed by atoms with Crippen molar-refractivity contribution in [2.75, 3.05) is 13.7 Å². The average Bonchev–Trinajstić information content (AvgIpc) is 2.34. The van der Waals surface area contributed by atoms with Gasteiger partial charge in [-0.25, -0.2) is 4.79 Å². The van der Waals surface area contributed by atoms with Crippen LogP contribution in [0.3, 0.4) is 0 Å². The first-order valence-electron chi connectivity index (χ1n) is 2.73. The van der Waals surface area contributed by atoms with Gasteiger partial charge in [0.15, 0.2) is 0 Å². The summed E-state index contributed by atoms with van der Waals surface area (Å²) in [6.45, 7) is 0.616. The Kier molecular flexibility index (Phi) is 2.42. The molecular weight excluding hydrogens is 245 g/mol. The van der Waals surface area contributed by atoms with Gasteiger partial charge in [0.05, 0.1) is 13.7 Å². The predicted octanol–water partition coefficient (Wildman–Crippen LogP) is 0.933. The summed E-state index contributed by atoms with van der Waals surface area (Å²) in [6, 6.07) is 0. The van der Waals surface area contributed by atoms with Crippen LogP contribution in [0.15, 0.2) is 14.6 Å². The monoisotopic (exact) mass is 251 g/mol. The van der Waals surface area contributed by atoms with Crippen molar-refractivity contribution in [3.8, 4) is 0 Å². The Morgan fingerprint density at radius 3 is 3.00 bits per heavy atom. The Bertz CT molecular complexity index is 220. The second-order valence-corrected chi connectivity index (χ2v) is 3.17. The molecule has 0 aromatic heterocycles. The van der Waals surface area contributed by atoms with Crippen molar-refractivity contribution in [3.05, 3.63) is 9.66 Å². The van der Waals surface area contributed by atoms with Gasteiger partial charge in [0.2, 0.25) is 0 Å². The molecule has 0 unspecified atom stereocenters. The number of esters is 1. The molecule has 4 heteroatoms. The van der Waals surface area contributed by atoms with Crippen LogP contribution >= 0.6 is 22.6 Å². The lowest BCUT2D eigenvalue weighted by Crippen LogP contribution is -2.11. The van der Waals surface area contributed by atoms with E-state index in [1.807, 2.05) is 0 Å². The summed E-state index contributed by atoms with van der Waals surface area (Å²) in [7, 11) is 1.35. The van der Waals surface area contributed by atoms with Crippen LogP contribution in [0.25, 0.3) is 0 Å². The molecule has 0 fully saturated rings. The maximum Gasteiger partial charge on any atom is 0.356 e. The first-order chi connectivity index (χ1) is 4.74. The molecule has 0 saturated carbocycles. The molecular formula is C6H6INO2. The minimum atomic E-state index is -0.355. The Labute approximate surface area is 72.3 Å². The van der Waals surface area contributed by atoms with Gasteiger partial charge in [0.1, 0.15) is 5.71 Å². The molecule has 0 radical (unpaired) electrons. The fraction of sp³-hybridized carbons (Fsp3) is 0.333. The van der Waals surface area contributed by atoms with Gasteiger partial charge >= 0.3 is 5.97 Å². The number of hydrogen-bond donors (Lipinski definition) is 0. The number of methoxy groups -OCH3 is 1. The number of nitrogens with zero attached hydrogens (tertiary/aromatic N) is 1. The maximum absolute atomic E-state index is 10.8. The highest BCUT2D eigenvalue weighted by atomic mass is 127. The largest absolute Gasteiger partial charge is 0.464 e. The SMILES string of the molecule is COC(=O)C1=NCC(I)=C1. The van der Waals surface area contributed by atoms with E-state index in [-0.39, 0.29) is 5.97 Å². The molecule has 3 nitrogen and oxygen atoms in total. The molecule has 0 aromatic carbocycles. The topological polar surface area (TPSA) is 38.7 Å². The van der Waals surface area contributed by atoms with Gasteiger partial charge in [0.25, 0.3) is 0 Å². The second-order valence-electron chi connectivity index (χ2n) is 1.78. The summed E-state index contributed by atoms with van der Waals surface area (Å²) >= 11 is 2.14. The van der Waals surface area contributed by atoms with Crippen molar-refractivity contribution >= 4 is 34.3 Å². The quantitative estimate of drug-likeness (QED) is 0.513. The third kappa shape index (κ3) is 1.56. The van der Waals surface area contributed by atoms with Gasteiger partial charge in [-0.15, -0.1) is 0 Å². The van der Waals surface area contributed by atoms with Crippen molar-refractivity contribution < 1.29 is 9.53 Å². The van der Waals surface area contributed by atoms with Gasteiger partial charge in [-0.3, -0.25) is 4.99 Å². The van der Waals surface area contributed by atoms with Crippen molar-refractivity contribution in [2.24, 2.45) is 4.99 Å². The first-order valence-corrected chi connectivity index (χ1v) is 3.80. The number of ether oxygens (including phenoxy) is 1. The van der Waals surface area contributed by atoms with Gasteiger partial charge < -0.3 is 4.74 Å². The normalized spacial score (nSPS) is 16.2. The number of carbonyl (C=O) groups is 1. The van der Waals surface area contributed by atoms with E-state index in [0.29, 0.717) is 12.3 Å². The van der Waals surface area contributed by atoms with E-state index in [9.17, 15) is 4.79 Å². The first kappa shape index (κ1) is 7.71. The number of hydrogen-bond acceptors (Lipinski definition) is 3. The van der Waals surface area contributed by atoms with E-state index in [4.69, 9.17) is 0 Å². The lowest BCUT2D eigenvalue weighted by atomic mass is 10.4. The summed E-state index contributed by atoms with van der Waals surface area (Å²) in [5, 5.41) is 0. The smallest absolute Gasteiger partial charge is 0.356 e. The van der Waals surface area contributed by atoms with Gasteiger partial charge in [-0.1, -0.05) is 0 Å². The van der Waals surface area contributed by atoms with E-state index in [1.54, 1.807) is 6.08 Å². The standard InChI is InChI=1S/C6H6INO2/c1-10-6(9)5-2-4(7)3-8-5/h2H,3H2,1H3. The van der Waals surface area contributed by atoms with E-state index < -0.39 is 0 Å². The van der Waals surface area contributed by atoms with Gasteiger partial charge in [-0.2, -0.15) is 0 Å². The third-order valence-corrected chi connectivity index (χ3v) is 1.74. The lowest BCUT2D eigenvalue weighted by Gasteiger charge is -1.92. The fourth-order valence-electron chi connectivity index (χ4n) is 0.628. The maximum atomic E-state index is 10.8. The average molecular weight is 251 g/mol. The molecule has 0 aliphatic carbocycles. The molecule has 0 N–H and O–H groups in total. The number of halogens is 1. The minimum absolute atomic E-state index is 0.355. The Morgan fingerprint density at radius 2 is 2.60 bits per heavy atom. The van der Waals surface area contributed by atoms with Crippen LogP contribution in [0, 0.1) is 0 Å². The second kappa shape index (κ2) is 3.14. The zero-order valence-corrected chi connectivity index (χ0v) is 7.58. The summed E-state index contributed by atoms with van der Waals surface area (Å²) in [6.07, 6.45) is 1.73. The zero-order valence-electron chi connectivity index (χ0n) is 5.43. The predicted molar refractivity (Wildman–Crippen MR) is 46.4 cm³/mol. The zero-order chi connectivity index (χ0) is 7.56. The summed E-state index contributed by atoms with van der Waals surface area (Å²) in [5.74, 6) is -0.355. The Morgan fingerprint density at radius 1 is 1.90 bits per heavy atom. The van der Waals surface area contributed by atoms with Crippen LogP contribution in [0.4, 0.5) is 0 Å². The van der Waals surface area contributed by atoms with Crippen molar-refractivity contribution in [2.45, 2.75) is 0 Å². The molecule has 0 amide bonds. The fourth-order valence-corrected chi connectivity index (χ4v) is 1.09. The summed E-state index contributed by atoms with van der Waals surface area (Å²) in [5.41, 5.74) is 0.423. The molecule has 1 aliphatic heterocycles. The Balaban J connectivity index is 2.67. The van der Waals surface area contributed by atoms with Crippen LogP contribution < -0.4 is 0 Å². The number of aliphatic imine (C=N–C) groups is 1. The molecule has 0 saturated heterocycles. The third-order valence-electron chi connectivity index (χ3n) is 1.09. The van der Waals surface area contributed by atoms with Crippen molar-refractivity contribution in [1.82, 2.24) is 0 Å². The summed E-state index contributed by atoms with van der Waals surface area (Å²) < 4.78 is 5.53. The van der Waals surface area contributed by atoms with Crippen molar-refractivity contribution in [1.29, 1.82) is 0 Å². The number of rotatable bonds is 1. The van der Waals surface area contributed by atoms with Gasteiger partial charge in [0, 0.05) is 3.58 Å². The highest BCUT2D eigenvalue weighted by Crippen LogP contribution is 2.12. The molecule has 0 spiro atoms. The highest BCUT2D eigenvalue weighted by Gasteiger charge is 2.13. The van der Waals surface area contributed by atoms with Crippen LogP contribution in [0.5, 0.6) is 0 Å². The van der Waals surface area contributed by atoms with Crippen LogP contribution in [0.2, 0.25) is 0 Å². The van der Waals surface area contributed by atoms with Crippen LogP contribution in [0.1, 0.15) is 0 Å². The molecule has 1 rings (SSSR count). The molecule has 54 valence electrons. The summed E-state index contributed by atoms with van der Waals surface area (Å²) in [4.78, 5) is 14.7. The molecule has 0 atom stereocenters. The molecule has 1 aliphatic rings. The van der Waals surface area contributed by atoms with Crippen LogP contribution in [-0.2, 0) is 9.53 Å². The van der Waals surface area contributed by atoms with Gasteiger partial charge in [-0.05, 0) is 28.7 Å². The molecule has 0 bridgehead atoms. The van der Waals surface area contributed by atoms with Crippen LogP contribution in [-0.4, -0.2) is 25.3 Å². The molecule has 10 heavy (non-hydrogen) atoms. The van der Waals surface area contributed by atoms with E-state index in [0.717, 1.165) is 3.58 Å². The van der Waals surface area contributed by atoms with E-state index in [1.165, 1.54) is 7.11 Å². The highest BCUT2D eigenvalue weighted by molar-refractivity contribution is 14.1. The lowest BCUT2D eigenvalue weighted by molar-refractivity contribution is -0.132. The van der Waals surface area contributed by atoms with Crippen molar-refractivity contribution in [3.63, 3.8) is 0 Å².